The summed E-state index contributed by atoms with van der Waals surface area (Å²) in [5.74, 6) is 0. The first-order chi connectivity index (χ1) is 8.25. The molecule has 0 radical (unpaired) electrons. The zero-order valence-corrected chi connectivity index (χ0v) is 11.2. The van der Waals surface area contributed by atoms with E-state index in [1.54, 1.807) is 6.08 Å². The van der Waals surface area contributed by atoms with Gasteiger partial charge in [-0.2, -0.15) is 4.99 Å². The Morgan fingerprint density at radius 2 is 2.06 bits per heavy atom. The van der Waals surface area contributed by atoms with Gasteiger partial charge in [-0.3, -0.25) is 0 Å². The van der Waals surface area contributed by atoms with E-state index in [-0.39, 0.29) is 5.54 Å². The second kappa shape index (κ2) is 4.08. The highest BCUT2D eigenvalue weighted by atomic mass is 79.9. The average molecular weight is 292 g/mol. The first-order valence-corrected chi connectivity index (χ1v) is 6.95. The number of nitrogens with zero attached hydrogens (tertiary/aromatic N) is 1. The Morgan fingerprint density at radius 1 is 1.24 bits per heavy atom. The average Bonchev–Trinajstić information content (AvgIpc) is 2.70. The van der Waals surface area contributed by atoms with Crippen LogP contribution in [0, 0.1) is 0 Å². The number of hydrogen-bond acceptors (Lipinski definition) is 2. The normalized spacial score (nSPS) is 20.3. The van der Waals surface area contributed by atoms with Crippen molar-refractivity contribution in [3.05, 3.63) is 33.3 Å². The van der Waals surface area contributed by atoms with Gasteiger partial charge >= 0.3 is 0 Å². The molecule has 0 saturated heterocycles. The molecular formula is C14H14BrNO. The molecule has 17 heavy (non-hydrogen) atoms. The molecule has 3 rings (SSSR count). The SMILES string of the molecule is O=C=NC1(c2cc(Br)cc3c2CCC3)CCC1. The Balaban J connectivity index is 2.17. The summed E-state index contributed by atoms with van der Waals surface area (Å²) in [6, 6.07) is 4.37. The summed E-state index contributed by atoms with van der Waals surface area (Å²) in [5.41, 5.74) is 3.89. The maximum Gasteiger partial charge on any atom is 0.235 e. The Kier molecular flexibility index (Phi) is 2.68. The number of benzene rings is 1. The summed E-state index contributed by atoms with van der Waals surface area (Å²) in [6.45, 7) is 0. The molecule has 2 nitrogen and oxygen atoms in total. The Bertz CT molecular complexity index is 513. The topological polar surface area (TPSA) is 29.4 Å². The van der Waals surface area contributed by atoms with Crippen molar-refractivity contribution in [3.63, 3.8) is 0 Å². The van der Waals surface area contributed by atoms with Gasteiger partial charge in [-0.1, -0.05) is 15.9 Å². The molecule has 0 N–H and O–H groups in total. The van der Waals surface area contributed by atoms with E-state index in [1.807, 2.05) is 0 Å². The molecule has 3 heteroatoms. The van der Waals surface area contributed by atoms with Gasteiger partial charge in [-0.05, 0) is 67.3 Å². The number of isocyanates is 1. The summed E-state index contributed by atoms with van der Waals surface area (Å²) < 4.78 is 1.11. The summed E-state index contributed by atoms with van der Waals surface area (Å²) in [5, 5.41) is 0. The lowest BCUT2D eigenvalue weighted by Gasteiger charge is -2.38. The van der Waals surface area contributed by atoms with Crippen LogP contribution in [0.4, 0.5) is 0 Å². The highest BCUT2D eigenvalue weighted by Gasteiger charge is 2.41. The van der Waals surface area contributed by atoms with E-state index in [9.17, 15) is 4.79 Å². The smallest absolute Gasteiger partial charge is 0.211 e. The van der Waals surface area contributed by atoms with Crippen molar-refractivity contribution in [2.24, 2.45) is 4.99 Å². The van der Waals surface area contributed by atoms with Crippen molar-refractivity contribution in [3.8, 4) is 0 Å². The minimum absolute atomic E-state index is 0.250. The molecule has 0 amide bonds. The van der Waals surface area contributed by atoms with E-state index in [0.717, 1.165) is 36.6 Å². The van der Waals surface area contributed by atoms with Crippen LogP contribution in [0.3, 0.4) is 0 Å². The highest BCUT2D eigenvalue weighted by molar-refractivity contribution is 9.10. The number of rotatable bonds is 2. The number of halogens is 1. The van der Waals surface area contributed by atoms with Crippen LogP contribution in [0.1, 0.15) is 42.4 Å². The molecule has 88 valence electrons. The van der Waals surface area contributed by atoms with Crippen LogP contribution in [0.2, 0.25) is 0 Å². The van der Waals surface area contributed by atoms with Crippen LogP contribution in [-0.4, -0.2) is 6.08 Å². The summed E-state index contributed by atoms with van der Waals surface area (Å²) >= 11 is 3.57. The maximum absolute atomic E-state index is 10.7. The number of aryl methyl sites for hydroxylation is 1. The fourth-order valence-corrected chi connectivity index (χ4v) is 3.63. The molecule has 1 saturated carbocycles. The standard InChI is InChI=1S/C14H14BrNO/c15-11-7-10-3-1-4-12(10)13(8-11)14(16-9-17)5-2-6-14/h7-8H,1-6H2. The minimum Gasteiger partial charge on any atom is -0.211 e. The van der Waals surface area contributed by atoms with Crippen molar-refractivity contribution in [1.29, 1.82) is 0 Å². The van der Waals surface area contributed by atoms with Gasteiger partial charge < -0.3 is 0 Å². The maximum atomic E-state index is 10.7. The van der Waals surface area contributed by atoms with Gasteiger partial charge in [-0.15, -0.1) is 0 Å². The molecule has 2 aliphatic carbocycles. The quantitative estimate of drug-likeness (QED) is 0.604. The lowest BCUT2D eigenvalue weighted by Crippen LogP contribution is -2.33. The Morgan fingerprint density at radius 3 is 2.71 bits per heavy atom. The van der Waals surface area contributed by atoms with E-state index >= 15 is 0 Å². The molecule has 0 bridgehead atoms. The number of aliphatic imine (C=N–C) groups is 1. The van der Waals surface area contributed by atoms with Crippen molar-refractivity contribution in [1.82, 2.24) is 0 Å². The fraction of sp³-hybridized carbons (Fsp3) is 0.500. The van der Waals surface area contributed by atoms with E-state index in [4.69, 9.17) is 0 Å². The third kappa shape index (κ3) is 1.69. The summed E-state index contributed by atoms with van der Waals surface area (Å²) in [6.07, 6.45) is 8.43. The minimum atomic E-state index is -0.250. The van der Waals surface area contributed by atoms with Crippen molar-refractivity contribution in [2.45, 2.75) is 44.1 Å². The van der Waals surface area contributed by atoms with E-state index < -0.39 is 0 Å². The van der Waals surface area contributed by atoms with Crippen molar-refractivity contribution >= 4 is 22.0 Å². The molecule has 0 aliphatic heterocycles. The van der Waals surface area contributed by atoms with Crippen LogP contribution in [0.25, 0.3) is 0 Å². The molecule has 1 aromatic rings. The van der Waals surface area contributed by atoms with Crippen LogP contribution >= 0.6 is 15.9 Å². The molecule has 1 fully saturated rings. The lowest BCUT2D eigenvalue weighted by atomic mass is 9.70. The third-order valence-electron chi connectivity index (χ3n) is 4.12. The van der Waals surface area contributed by atoms with Gasteiger partial charge in [0.05, 0.1) is 5.54 Å². The Hall–Kier alpha value is -0.920. The van der Waals surface area contributed by atoms with Gasteiger partial charge in [0, 0.05) is 4.47 Å². The van der Waals surface area contributed by atoms with E-state index in [1.165, 1.54) is 23.1 Å². The van der Waals surface area contributed by atoms with E-state index in [0.29, 0.717) is 0 Å². The fourth-order valence-electron chi connectivity index (χ4n) is 3.12. The van der Waals surface area contributed by atoms with Crippen LogP contribution in [-0.2, 0) is 23.2 Å². The largest absolute Gasteiger partial charge is 0.235 e. The highest BCUT2D eigenvalue weighted by Crippen LogP contribution is 2.48. The second-order valence-electron chi connectivity index (χ2n) is 5.03. The van der Waals surface area contributed by atoms with Crippen LogP contribution in [0.15, 0.2) is 21.6 Å². The second-order valence-corrected chi connectivity index (χ2v) is 5.95. The van der Waals surface area contributed by atoms with Crippen molar-refractivity contribution in [2.75, 3.05) is 0 Å². The predicted molar refractivity (Wildman–Crippen MR) is 69.8 cm³/mol. The van der Waals surface area contributed by atoms with Gasteiger partial charge in [-0.25, -0.2) is 4.79 Å². The monoisotopic (exact) mass is 291 g/mol. The molecular weight excluding hydrogens is 278 g/mol. The molecule has 0 spiro atoms. The number of fused-ring (bicyclic) bond motifs is 1. The van der Waals surface area contributed by atoms with E-state index in [2.05, 4.69) is 33.1 Å². The molecule has 0 unspecified atom stereocenters. The van der Waals surface area contributed by atoms with Gasteiger partial charge in [0.2, 0.25) is 6.08 Å². The summed E-state index contributed by atoms with van der Waals surface area (Å²) in [4.78, 5) is 14.8. The Labute approximate surface area is 109 Å². The predicted octanol–water partition coefficient (Wildman–Crippen LogP) is 3.65. The number of carbonyl (C=O) groups excluding carboxylic acids is 1. The first kappa shape index (κ1) is 11.2. The zero-order chi connectivity index (χ0) is 11.9. The van der Waals surface area contributed by atoms with Crippen LogP contribution in [0.5, 0.6) is 0 Å². The molecule has 2 aliphatic rings. The van der Waals surface area contributed by atoms with Gasteiger partial charge in [0.15, 0.2) is 0 Å². The first-order valence-electron chi connectivity index (χ1n) is 6.16. The van der Waals surface area contributed by atoms with Crippen molar-refractivity contribution < 1.29 is 4.79 Å². The molecule has 0 aromatic heterocycles. The van der Waals surface area contributed by atoms with Gasteiger partial charge in [0.1, 0.15) is 0 Å². The molecule has 1 aromatic carbocycles. The molecule has 0 atom stereocenters. The van der Waals surface area contributed by atoms with Gasteiger partial charge in [0.25, 0.3) is 0 Å². The van der Waals surface area contributed by atoms with Crippen LogP contribution < -0.4 is 0 Å². The zero-order valence-electron chi connectivity index (χ0n) is 9.63. The lowest BCUT2D eigenvalue weighted by molar-refractivity contribution is 0.254. The molecule has 0 heterocycles. The third-order valence-corrected chi connectivity index (χ3v) is 4.58. The number of hydrogen-bond donors (Lipinski definition) is 0. The summed E-state index contributed by atoms with van der Waals surface area (Å²) in [7, 11) is 0.